The first-order valence-electron chi connectivity index (χ1n) is 8.80. The maximum Gasteiger partial charge on any atom is 0.170 e. The van der Waals surface area contributed by atoms with Crippen LogP contribution in [0, 0.1) is 0 Å². The molecule has 0 amide bonds. The zero-order chi connectivity index (χ0) is 16.6. The fourth-order valence-corrected chi connectivity index (χ4v) is 3.80. The highest BCUT2D eigenvalue weighted by Gasteiger charge is 2.21. The van der Waals surface area contributed by atoms with Gasteiger partial charge in [0.05, 0.1) is 0 Å². The van der Waals surface area contributed by atoms with Gasteiger partial charge in [-0.05, 0) is 34.7 Å². The van der Waals surface area contributed by atoms with Crippen molar-refractivity contribution in [1.29, 1.82) is 0 Å². The topological polar surface area (TPSA) is 21.3 Å². The second-order valence-corrected chi connectivity index (χ2v) is 6.58. The van der Waals surface area contributed by atoms with E-state index in [0.717, 1.165) is 24.3 Å². The molecule has 2 nitrogen and oxygen atoms in total. The minimum Gasteiger partial charge on any atom is -0.470 e. The molecular weight excluding hydrogens is 306 g/mol. The first-order valence-corrected chi connectivity index (χ1v) is 8.80. The number of aryl methyl sites for hydroxylation is 1. The molecule has 0 spiro atoms. The zero-order valence-electron chi connectivity index (χ0n) is 13.9. The first kappa shape index (κ1) is 14.4. The average Bonchev–Trinajstić information content (AvgIpc) is 2.68. The molecule has 0 aromatic heterocycles. The normalized spacial score (nSPS) is 16.4. The van der Waals surface area contributed by atoms with Crippen LogP contribution in [0.5, 0.6) is 5.75 Å². The Kier molecular flexibility index (Phi) is 3.34. The largest absolute Gasteiger partial charge is 0.470 e. The lowest BCUT2D eigenvalue weighted by atomic mass is 9.97. The van der Waals surface area contributed by atoms with Crippen LogP contribution in [0.4, 0.5) is 5.69 Å². The van der Waals surface area contributed by atoms with E-state index in [1.807, 2.05) is 0 Å². The van der Waals surface area contributed by atoms with Crippen LogP contribution >= 0.6 is 0 Å². The Morgan fingerprint density at radius 1 is 0.720 bits per heavy atom. The van der Waals surface area contributed by atoms with E-state index >= 15 is 0 Å². The molecule has 1 aliphatic heterocycles. The molecule has 0 aliphatic carbocycles. The van der Waals surface area contributed by atoms with Gasteiger partial charge in [-0.1, -0.05) is 66.7 Å². The summed E-state index contributed by atoms with van der Waals surface area (Å²) in [6.45, 7) is 0. The third-order valence-electron chi connectivity index (χ3n) is 5.03. The van der Waals surface area contributed by atoms with Crippen molar-refractivity contribution in [3.05, 3.63) is 84.4 Å². The Bertz CT molecular complexity index is 1060. The van der Waals surface area contributed by atoms with Gasteiger partial charge in [-0.3, -0.25) is 0 Å². The molecule has 0 fully saturated rings. The highest BCUT2D eigenvalue weighted by atomic mass is 16.5. The van der Waals surface area contributed by atoms with Gasteiger partial charge in [0.25, 0.3) is 0 Å². The van der Waals surface area contributed by atoms with E-state index in [0.29, 0.717) is 0 Å². The molecule has 1 heterocycles. The molecule has 0 radical (unpaired) electrons. The SMILES string of the molecule is c1ccc2c(NC3CCc4c(ccc5ccccc45)O3)cccc2c1. The highest BCUT2D eigenvalue weighted by Crippen LogP contribution is 2.34. The summed E-state index contributed by atoms with van der Waals surface area (Å²) < 4.78 is 6.28. The predicted octanol–water partition coefficient (Wildman–Crippen LogP) is 5.76. The second-order valence-electron chi connectivity index (χ2n) is 6.58. The van der Waals surface area contributed by atoms with Gasteiger partial charge in [-0.15, -0.1) is 0 Å². The van der Waals surface area contributed by atoms with E-state index in [1.54, 1.807) is 0 Å². The van der Waals surface area contributed by atoms with Gasteiger partial charge in [-0.25, -0.2) is 0 Å². The maximum absolute atomic E-state index is 6.28. The smallest absolute Gasteiger partial charge is 0.170 e. The summed E-state index contributed by atoms with van der Waals surface area (Å²) in [5, 5.41) is 8.66. The minimum absolute atomic E-state index is 0.000492. The third-order valence-corrected chi connectivity index (χ3v) is 5.03. The van der Waals surface area contributed by atoms with Crippen LogP contribution in [-0.4, -0.2) is 6.23 Å². The standard InChI is InChI=1S/C23H19NO/c1-3-9-18-17(7-1)12-14-22-20(18)13-15-23(25-22)24-21-11-5-8-16-6-2-4-10-19(16)21/h1-12,14,23-24H,13,15H2. The minimum atomic E-state index is -0.000492. The molecular formula is C23H19NO. The molecule has 0 saturated carbocycles. The number of ether oxygens (including phenoxy) is 1. The molecule has 1 unspecified atom stereocenters. The van der Waals surface area contributed by atoms with Crippen molar-refractivity contribution in [1.82, 2.24) is 0 Å². The molecule has 4 aromatic carbocycles. The molecule has 5 rings (SSSR count). The Hall–Kier alpha value is -3.00. The van der Waals surface area contributed by atoms with Gasteiger partial charge >= 0.3 is 0 Å². The maximum atomic E-state index is 6.28. The summed E-state index contributed by atoms with van der Waals surface area (Å²) in [7, 11) is 0. The van der Waals surface area contributed by atoms with Crippen LogP contribution in [0.25, 0.3) is 21.5 Å². The molecule has 25 heavy (non-hydrogen) atoms. The van der Waals surface area contributed by atoms with E-state index in [1.165, 1.54) is 27.1 Å². The van der Waals surface area contributed by atoms with Gasteiger partial charge < -0.3 is 10.1 Å². The number of benzene rings is 4. The van der Waals surface area contributed by atoms with Crippen molar-refractivity contribution in [2.75, 3.05) is 5.32 Å². The fraction of sp³-hybridized carbons (Fsp3) is 0.130. The Morgan fingerprint density at radius 2 is 1.44 bits per heavy atom. The monoisotopic (exact) mass is 325 g/mol. The van der Waals surface area contributed by atoms with E-state index in [4.69, 9.17) is 4.74 Å². The summed E-state index contributed by atoms with van der Waals surface area (Å²) in [5.41, 5.74) is 2.46. The highest BCUT2D eigenvalue weighted by molar-refractivity contribution is 5.94. The molecule has 1 atom stereocenters. The second kappa shape index (κ2) is 5.82. The molecule has 1 N–H and O–H groups in total. The number of hydrogen-bond acceptors (Lipinski definition) is 2. The van der Waals surface area contributed by atoms with Crippen molar-refractivity contribution in [3.8, 4) is 5.75 Å². The number of nitrogens with one attached hydrogen (secondary N) is 1. The van der Waals surface area contributed by atoms with Gasteiger partial charge in [0.15, 0.2) is 6.23 Å². The number of anilines is 1. The van der Waals surface area contributed by atoms with Gasteiger partial charge in [0, 0.05) is 23.1 Å². The average molecular weight is 325 g/mol. The predicted molar refractivity (Wildman–Crippen MR) is 104 cm³/mol. The summed E-state index contributed by atoms with van der Waals surface area (Å²) in [5.74, 6) is 1.00. The van der Waals surface area contributed by atoms with Crippen molar-refractivity contribution >= 4 is 27.2 Å². The summed E-state index contributed by atoms with van der Waals surface area (Å²) in [6.07, 6.45) is 1.99. The number of fused-ring (bicyclic) bond motifs is 4. The Labute approximate surface area is 147 Å². The third kappa shape index (κ3) is 2.51. The van der Waals surface area contributed by atoms with Crippen molar-refractivity contribution < 1.29 is 4.74 Å². The van der Waals surface area contributed by atoms with Crippen LogP contribution in [-0.2, 0) is 6.42 Å². The first-order chi connectivity index (χ1) is 12.4. The lowest BCUT2D eigenvalue weighted by Crippen LogP contribution is -2.30. The van der Waals surface area contributed by atoms with Crippen LogP contribution in [0.2, 0.25) is 0 Å². The number of hydrogen-bond donors (Lipinski definition) is 1. The fourth-order valence-electron chi connectivity index (χ4n) is 3.80. The molecule has 122 valence electrons. The van der Waals surface area contributed by atoms with Crippen LogP contribution in [0.15, 0.2) is 78.9 Å². The molecule has 2 heteroatoms. The molecule has 4 aromatic rings. The lowest BCUT2D eigenvalue weighted by Gasteiger charge is -2.28. The summed E-state index contributed by atoms with van der Waals surface area (Å²) >= 11 is 0. The van der Waals surface area contributed by atoms with E-state index < -0.39 is 0 Å². The van der Waals surface area contributed by atoms with Crippen molar-refractivity contribution in [2.45, 2.75) is 19.1 Å². The molecule has 0 bridgehead atoms. The molecule has 1 aliphatic rings. The van der Waals surface area contributed by atoms with Crippen molar-refractivity contribution in [2.24, 2.45) is 0 Å². The quantitative estimate of drug-likeness (QED) is 0.506. The van der Waals surface area contributed by atoms with E-state index in [2.05, 4.69) is 84.2 Å². The van der Waals surface area contributed by atoms with E-state index in [-0.39, 0.29) is 6.23 Å². The number of rotatable bonds is 2. The van der Waals surface area contributed by atoms with Crippen LogP contribution in [0.3, 0.4) is 0 Å². The van der Waals surface area contributed by atoms with Gasteiger partial charge in [-0.2, -0.15) is 0 Å². The lowest BCUT2D eigenvalue weighted by molar-refractivity contribution is 0.201. The molecule has 0 saturated heterocycles. The summed E-state index contributed by atoms with van der Waals surface area (Å²) in [6, 6.07) is 27.6. The zero-order valence-corrected chi connectivity index (χ0v) is 13.9. The Morgan fingerprint density at radius 3 is 2.32 bits per heavy atom. The van der Waals surface area contributed by atoms with Crippen molar-refractivity contribution in [3.63, 3.8) is 0 Å². The van der Waals surface area contributed by atoms with Gasteiger partial charge in [0.1, 0.15) is 5.75 Å². The van der Waals surface area contributed by atoms with Crippen LogP contribution < -0.4 is 10.1 Å². The van der Waals surface area contributed by atoms with E-state index in [9.17, 15) is 0 Å². The van der Waals surface area contributed by atoms with Gasteiger partial charge in [0.2, 0.25) is 0 Å². The van der Waals surface area contributed by atoms with Crippen LogP contribution in [0.1, 0.15) is 12.0 Å². The Balaban J connectivity index is 1.47. The summed E-state index contributed by atoms with van der Waals surface area (Å²) in [4.78, 5) is 0.